The van der Waals surface area contributed by atoms with Gasteiger partial charge in [0.1, 0.15) is 11.6 Å². The van der Waals surface area contributed by atoms with Gasteiger partial charge in [0.2, 0.25) is 5.95 Å². The highest BCUT2D eigenvalue weighted by Crippen LogP contribution is 2.32. The Morgan fingerprint density at radius 2 is 1.74 bits per heavy atom. The number of carbonyl (C=O) groups is 1. The van der Waals surface area contributed by atoms with Crippen LogP contribution in [0.4, 0.5) is 36.4 Å². The predicted molar refractivity (Wildman–Crippen MR) is 126 cm³/mol. The maximum atomic E-state index is 13.5. The molecular formula is C22H19Cl2F3N6O2. The number of nitrogens with zero attached hydrogens (tertiary/aromatic N) is 4. The lowest BCUT2D eigenvalue weighted by Crippen LogP contribution is -2.37. The minimum absolute atomic E-state index is 0.0871. The first-order chi connectivity index (χ1) is 16.6. The van der Waals surface area contributed by atoms with Crippen LogP contribution in [0.2, 0.25) is 10.0 Å². The fourth-order valence-electron chi connectivity index (χ4n) is 3.47. The lowest BCUT2D eigenvalue weighted by molar-refractivity contribution is -0.141. The molecule has 1 fully saturated rings. The molecule has 8 nitrogen and oxygen atoms in total. The molecule has 0 spiro atoms. The van der Waals surface area contributed by atoms with Crippen LogP contribution in [-0.2, 0) is 6.18 Å². The summed E-state index contributed by atoms with van der Waals surface area (Å²) in [4.78, 5) is 26.2. The van der Waals surface area contributed by atoms with Crippen LogP contribution in [0.25, 0.3) is 0 Å². The number of pyridine rings is 1. The fraction of sp³-hybridized carbons (Fsp3) is 0.273. The molecule has 0 aliphatic carbocycles. The van der Waals surface area contributed by atoms with Crippen LogP contribution in [0.5, 0.6) is 0 Å². The second kappa shape index (κ2) is 10.2. The van der Waals surface area contributed by atoms with Crippen LogP contribution in [-0.4, -0.2) is 45.2 Å². The van der Waals surface area contributed by atoms with Crippen molar-refractivity contribution in [3.05, 3.63) is 63.9 Å². The van der Waals surface area contributed by atoms with Crippen molar-refractivity contribution in [3.63, 3.8) is 0 Å². The number of nitrogens with one attached hydrogen (secondary N) is 2. The summed E-state index contributed by atoms with van der Waals surface area (Å²) in [6, 6.07) is 8.35. The third kappa shape index (κ3) is 6.11. The van der Waals surface area contributed by atoms with Crippen LogP contribution in [0.3, 0.4) is 0 Å². The number of hydrogen-bond acceptors (Lipinski definition) is 7. The number of amides is 1. The third-order valence-electron chi connectivity index (χ3n) is 5.22. The van der Waals surface area contributed by atoms with Gasteiger partial charge < -0.3 is 20.6 Å². The lowest BCUT2D eigenvalue weighted by atomic mass is 10.1. The molecule has 0 bridgehead atoms. The van der Waals surface area contributed by atoms with E-state index in [1.165, 1.54) is 30.5 Å². The molecule has 0 saturated carbocycles. The van der Waals surface area contributed by atoms with Gasteiger partial charge in [-0.1, -0.05) is 29.3 Å². The molecule has 3 heterocycles. The topological polar surface area (TPSA) is 103 Å². The molecule has 4 rings (SSSR count). The van der Waals surface area contributed by atoms with Gasteiger partial charge in [-0.15, -0.1) is 0 Å². The molecule has 2 aromatic heterocycles. The van der Waals surface area contributed by atoms with Gasteiger partial charge in [-0.3, -0.25) is 4.79 Å². The first-order valence-corrected chi connectivity index (χ1v) is 11.2. The van der Waals surface area contributed by atoms with E-state index in [0.29, 0.717) is 31.6 Å². The van der Waals surface area contributed by atoms with E-state index in [0.717, 1.165) is 6.07 Å². The number of benzene rings is 1. The summed E-state index contributed by atoms with van der Waals surface area (Å²) in [5, 5.41) is 15.4. The lowest BCUT2D eigenvalue weighted by Gasteiger charge is -2.30. The summed E-state index contributed by atoms with van der Waals surface area (Å²) >= 11 is 12.1. The molecule has 35 heavy (non-hydrogen) atoms. The largest absolute Gasteiger partial charge is 0.433 e. The van der Waals surface area contributed by atoms with Gasteiger partial charge in [-0.25, -0.2) is 9.97 Å². The summed E-state index contributed by atoms with van der Waals surface area (Å²) < 4.78 is 40.5. The zero-order chi connectivity index (χ0) is 25.2. The second-order valence-corrected chi connectivity index (χ2v) is 8.57. The molecule has 3 aromatic rings. The molecule has 1 amide bonds. The van der Waals surface area contributed by atoms with Gasteiger partial charge in [0.15, 0.2) is 5.69 Å². The summed E-state index contributed by atoms with van der Waals surface area (Å²) in [6.07, 6.45) is -3.02. The summed E-state index contributed by atoms with van der Waals surface area (Å²) in [7, 11) is 0. The highest BCUT2D eigenvalue weighted by molar-refractivity contribution is 6.40. The Morgan fingerprint density at radius 3 is 2.40 bits per heavy atom. The maximum Gasteiger partial charge on any atom is 0.433 e. The van der Waals surface area contributed by atoms with Gasteiger partial charge in [0.05, 0.1) is 21.7 Å². The van der Waals surface area contributed by atoms with Crippen molar-refractivity contribution in [2.24, 2.45) is 0 Å². The number of aromatic nitrogens is 3. The van der Waals surface area contributed by atoms with E-state index in [1.54, 1.807) is 11.0 Å². The maximum absolute atomic E-state index is 13.5. The average molecular weight is 527 g/mol. The minimum atomic E-state index is -4.69. The third-order valence-corrected chi connectivity index (χ3v) is 5.85. The number of alkyl halides is 3. The van der Waals surface area contributed by atoms with E-state index in [9.17, 15) is 23.1 Å². The van der Waals surface area contributed by atoms with E-state index >= 15 is 0 Å². The molecule has 0 radical (unpaired) electrons. The van der Waals surface area contributed by atoms with Crippen LogP contribution >= 0.6 is 23.2 Å². The molecule has 184 valence electrons. The van der Waals surface area contributed by atoms with Crippen molar-refractivity contribution in [1.82, 2.24) is 15.0 Å². The monoisotopic (exact) mass is 526 g/mol. The van der Waals surface area contributed by atoms with Crippen molar-refractivity contribution in [3.8, 4) is 0 Å². The number of aliphatic hydroxyl groups excluding tert-OH is 1. The number of hydrogen-bond donors (Lipinski definition) is 3. The Bertz CT molecular complexity index is 1220. The predicted octanol–water partition coefficient (Wildman–Crippen LogP) is 5.15. The number of halogens is 5. The highest BCUT2D eigenvalue weighted by atomic mass is 35.5. The Labute approximate surface area is 208 Å². The molecule has 1 aliphatic heterocycles. The molecule has 1 saturated heterocycles. The fourth-order valence-corrected chi connectivity index (χ4v) is 4.04. The zero-order valence-corrected chi connectivity index (χ0v) is 19.5. The van der Waals surface area contributed by atoms with Crippen molar-refractivity contribution in [2.75, 3.05) is 28.6 Å². The van der Waals surface area contributed by atoms with E-state index in [-0.39, 0.29) is 33.2 Å². The Hall–Kier alpha value is -3.15. The number of anilines is 4. The first-order valence-electron chi connectivity index (χ1n) is 10.5. The van der Waals surface area contributed by atoms with Crippen molar-refractivity contribution in [1.29, 1.82) is 0 Å². The quantitative estimate of drug-likeness (QED) is 0.422. The number of aliphatic hydroxyl groups is 1. The van der Waals surface area contributed by atoms with Gasteiger partial charge in [0, 0.05) is 37.1 Å². The van der Waals surface area contributed by atoms with Crippen molar-refractivity contribution >= 4 is 52.4 Å². The van der Waals surface area contributed by atoms with Gasteiger partial charge in [0.25, 0.3) is 5.91 Å². The summed E-state index contributed by atoms with van der Waals surface area (Å²) in [6.45, 7) is 0.651. The standard InChI is InChI=1S/C22H19Cl2F3N6O2/c23-14-2-1-3-15(24)19(14)20(35)29-12-4-7-28-17(10-12)31-18-11-16(22(25,26)27)30-21(32-18)33-8-5-13(34)6-9-33/h1-4,7,10-11,13,34H,5-6,8-9H2,(H2,28,29,30,31,32,35). The summed E-state index contributed by atoms with van der Waals surface area (Å²) in [5.41, 5.74) is -0.725. The van der Waals surface area contributed by atoms with E-state index in [2.05, 4.69) is 25.6 Å². The molecule has 0 unspecified atom stereocenters. The molecular weight excluding hydrogens is 508 g/mol. The molecule has 13 heteroatoms. The van der Waals surface area contributed by atoms with E-state index in [1.807, 2.05) is 0 Å². The zero-order valence-electron chi connectivity index (χ0n) is 18.0. The first kappa shape index (κ1) is 25.0. The normalized spacial score (nSPS) is 14.6. The number of piperidine rings is 1. The van der Waals surface area contributed by atoms with Gasteiger partial charge in [-0.2, -0.15) is 18.2 Å². The minimum Gasteiger partial charge on any atom is -0.393 e. The Kier molecular flexibility index (Phi) is 7.29. The molecule has 1 aliphatic rings. The second-order valence-electron chi connectivity index (χ2n) is 7.76. The average Bonchev–Trinajstić information content (AvgIpc) is 2.79. The highest BCUT2D eigenvalue weighted by Gasteiger charge is 2.34. The van der Waals surface area contributed by atoms with Gasteiger partial charge in [-0.05, 0) is 31.0 Å². The van der Waals surface area contributed by atoms with Crippen LogP contribution in [0.15, 0.2) is 42.6 Å². The van der Waals surface area contributed by atoms with Crippen molar-refractivity contribution in [2.45, 2.75) is 25.1 Å². The molecule has 3 N–H and O–H groups in total. The van der Waals surface area contributed by atoms with Crippen LogP contribution in [0, 0.1) is 0 Å². The van der Waals surface area contributed by atoms with E-state index in [4.69, 9.17) is 23.2 Å². The Balaban J connectivity index is 1.57. The van der Waals surface area contributed by atoms with Crippen LogP contribution < -0.4 is 15.5 Å². The van der Waals surface area contributed by atoms with Crippen molar-refractivity contribution < 1.29 is 23.1 Å². The number of rotatable bonds is 5. The van der Waals surface area contributed by atoms with Crippen LogP contribution in [0.1, 0.15) is 28.9 Å². The van der Waals surface area contributed by atoms with E-state index < -0.39 is 23.9 Å². The SMILES string of the molecule is O=C(Nc1ccnc(Nc2cc(C(F)(F)F)nc(N3CCC(O)CC3)n2)c1)c1c(Cl)cccc1Cl. The number of carbonyl (C=O) groups excluding carboxylic acids is 1. The molecule has 1 aromatic carbocycles. The molecule has 0 atom stereocenters. The smallest absolute Gasteiger partial charge is 0.393 e. The Morgan fingerprint density at radius 1 is 1.06 bits per heavy atom. The van der Waals surface area contributed by atoms with Gasteiger partial charge >= 0.3 is 6.18 Å². The summed E-state index contributed by atoms with van der Waals surface area (Å²) in [5.74, 6) is -0.653.